The molecule has 0 radical (unpaired) electrons. The molecule has 1 aromatic heterocycles. The Kier molecular flexibility index (Phi) is 5.50. The van der Waals surface area contributed by atoms with E-state index in [4.69, 9.17) is 14.4 Å². The third-order valence-electron chi connectivity index (χ3n) is 4.11. The summed E-state index contributed by atoms with van der Waals surface area (Å²) in [6.45, 7) is 0.318. The summed E-state index contributed by atoms with van der Waals surface area (Å²) in [4.78, 5) is 34.0. The van der Waals surface area contributed by atoms with Crippen LogP contribution in [0.3, 0.4) is 0 Å². The summed E-state index contributed by atoms with van der Waals surface area (Å²) >= 11 is 0. The average Bonchev–Trinajstić information content (AvgIpc) is 3.01. The van der Waals surface area contributed by atoms with Crippen molar-refractivity contribution in [3.05, 3.63) is 74.3 Å². The average molecular weight is 381 g/mol. The number of hydrogen-bond donors (Lipinski definition) is 0. The molecule has 0 amide bonds. The van der Waals surface area contributed by atoms with Crippen molar-refractivity contribution in [1.29, 1.82) is 5.26 Å². The second-order valence-electron chi connectivity index (χ2n) is 6.00. The SMILES string of the molecule is N#Cc1ccc(COC(=O)CCCn2c(=O)oc3cc([N+](=O)[O-])ccc32)cc1. The van der Waals surface area contributed by atoms with Crippen molar-refractivity contribution in [1.82, 2.24) is 4.57 Å². The number of benzene rings is 2. The molecule has 0 bridgehead atoms. The van der Waals surface area contributed by atoms with Crippen molar-refractivity contribution in [2.24, 2.45) is 0 Å². The van der Waals surface area contributed by atoms with E-state index in [1.165, 1.54) is 22.8 Å². The van der Waals surface area contributed by atoms with Gasteiger partial charge < -0.3 is 9.15 Å². The van der Waals surface area contributed by atoms with Gasteiger partial charge in [-0.1, -0.05) is 12.1 Å². The van der Waals surface area contributed by atoms with E-state index in [1.807, 2.05) is 6.07 Å². The van der Waals surface area contributed by atoms with E-state index in [1.54, 1.807) is 24.3 Å². The van der Waals surface area contributed by atoms with Crippen LogP contribution in [0.4, 0.5) is 5.69 Å². The van der Waals surface area contributed by atoms with Crippen molar-refractivity contribution in [2.75, 3.05) is 0 Å². The number of ether oxygens (including phenoxy) is 1. The Hall–Kier alpha value is -3.93. The minimum Gasteiger partial charge on any atom is -0.461 e. The lowest BCUT2D eigenvalue weighted by Gasteiger charge is -2.05. The van der Waals surface area contributed by atoms with Crippen LogP contribution in [0.15, 0.2) is 51.7 Å². The second-order valence-corrected chi connectivity index (χ2v) is 6.00. The summed E-state index contributed by atoms with van der Waals surface area (Å²) in [6.07, 6.45) is 0.445. The number of aromatic nitrogens is 1. The Balaban J connectivity index is 1.55. The molecule has 0 unspecified atom stereocenters. The first-order valence-electron chi connectivity index (χ1n) is 8.40. The first-order chi connectivity index (χ1) is 13.5. The molecular formula is C19H15N3O6. The van der Waals surface area contributed by atoms with E-state index < -0.39 is 16.6 Å². The number of nitriles is 1. The van der Waals surface area contributed by atoms with Crippen LogP contribution in [0.25, 0.3) is 11.1 Å². The van der Waals surface area contributed by atoms with Crippen molar-refractivity contribution < 1.29 is 18.9 Å². The maximum Gasteiger partial charge on any atom is 0.419 e. The molecule has 9 heteroatoms. The van der Waals surface area contributed by atoms with E-state index >= 15 is 0 Å². The van der Waals surface area contributed by atoms with Crippen LogP contribution in [0.1, 0.15) is 24.0 Å². The summed E-state index contributed by atoms with van der Waals surface area (Å²) in [5, 5.41) is 19.5. The zero-order valence-corrected chi connectivity index (χ0v) is 14.7. The molecule has 1 heterocycles. The minimum absolute atomic E-state index is 0.0996. The number of carbonyl (C=O) groups excluding carboxylic acids is 1. The number of fused-ring (bicyclic) bond motifs is 1. The summed E-state index contributed by atoms with van der Waals surface area (Å²) < 4.78 is 11.5. The van der Waals surface area contributed by atoms with Crippen LogP contribution in [0.2, 0.25) is 0 Å². The number of nitrogens with zero attached hydrogens (tertiary/aromatic N) is 3. The largest absolute Gasteiger partial charge is 0.461 e. The van der Waals surface area contributed by atoms with E-state index in [0.29, 0.717) is 17.5 Å². The van der Waals surface area contributed by atoms with Gasteiger partial charge in [-0.2, -0.15) is 5.26 Å². The topological polar surface area (TPSA) is 128 Å². The summed E-state index contributed by atoms with van der Waals surface area (Å²) in [7, 11) is 0. The molecule has 0 saturated carbocycles. The lowest BCUT2D eigenvalue weighted by Crippen LogP contribution is -2.15. The molecule has 3 rings (SSSR count). The first-order valence-corrected chi connectivity index (χ1v) is 8.40. The van der Waals surface area contributed by atoms with Gasteiger partial charge >= 0.3 is 11.7 Å². The smallest absolute Gasteiger partial charge is 0.419 e. The molecule has 0 N–H and O–H groups in total. The van der Waals surface area contributed by atoms with E-state index in [0.717, 1.165) is 5.56 Å². The molecule has 9 nitrogen and oxygen atoms in total. The summed E-state index contributed by atoms with van der Waals surface area (Å²) in [6, 6.07) is 12.6. The van der Waals surface area contributed by atoms with Gasteiger partial charge in [0.15, 0.2) is 5.58 Å². The normalized spacial score (nSPS) is 10.5. The van der Waals surface area contributed by atoms with Crippen molar-refractivity contribution >= 4 is 22.8 Å². The maximum atomic E-state index is 11.9. The highest BCUT2D eigenvalue weighted by atomic mass is 16.6. The van der Waals surface area contributed by atoms with Gasteiger partial charge in [0.1, 0.15) is 6.61 Å². The molecule has 142 valence electrons. The number of nitro groups is 1. The molecule has 0 atom stereocenters. The Bertz CT molecular complexity index is 1120. The number of hydrogen-bond acceptors (Lipinski definition) is 7. The van der Waals surface area contributed by atoms with Crippen molar-refractivity contribution in [3.8, 4) is 6.07 Å². The van der Waals surface area contributed by atoms with Gasteiger partial charge in [-0.15, -0.1) is 0 Å². The minimum atomic E-state index is -0.638. The molecule has 0 spiro atoms. The first kappa shape index (κ1) is 18.8. The quantitative estimate of drug-likeness (QED) is 0.349. The fourth-order valence-corrected chi connectivity index (χ4v) is 2.67. The van der Waals surface area contributed by atoms with Gasteiger partial charge in [0.2, 0.25) is 0 Å². The van der Waals surface area contributed by atoms with Crippen LogP contribution < -0.4 is 5.76 Å². The summed E-state index contributed by atoms with van der Waals surface area (Å²) in [5.74, 6) is -1.05. The Morgan fingerprint density at radius 1 is 1.25 bits per heavy atom. The molecule has 0 aliphatic heterocycles. The molecule has 0 saturated heterocycles. The number of esters is 1. The molecule has 28 heavy (non-hydrogen) atoms. The van der Waals surface area contributed by atoms with Crippen molar-refractivity contribution in [2.45, 2.75) is 26.0 Å². The number of carbonyl (C=O) groups is 1. The standard InChI is InChI=1S/C19H15N3O6/c20-11-13-3-5-14(6-4-13)12-27-18(23)2-1-9-21-16-8-7-15(22(25)26)10-17(16)28-19(21)24/h3-8,10H,1-2,9,12H2. The highest BCUT2D eigenvalue weighted by molar-refractivity contribution is 5.75. The molecule has 0 fully saturated rings. The van der Waals surface area contributed by atoms with Gasteiger partial charge in [-0.05, 0) is 30.2 Å². The monoisotopic (exact) mass is 381 g/mol. The Morgan fingerprint density at radius 3 is 2.68 bits per heavy atom. The predicted molar refractivity (Wildman–Crippen MR) is 97.3 cm³/mol. The lowest BCUT2D eigenvalue weighted by molar-refractivity contribution is -0.384. The molecule has 0 aliphatic carbocycles. The van der Waals surface area contributed by atoms with Gasteiger partial charge in [0, 0.05) is 19.0 Å². The maximum absolute atomic E-state index is 11.9. The number of oxazole rings is 1. The molecule has 0 aliphatic rings. The van der Waals surface area contributed by atoms with Crippen LogP contribution in [0, 0.1) is 21.4 Å². The third-order valence-corrected chi connectivity index (χ3v) is 4.11. The van der Waals surface area contributed by atoms with Gasteiger partial charge in [-0.3, -0.25) is 19.5 Å². The molecular weight excluding hydrogens is 366 g/mol. The fourth-order valence-electron chi connectivity index (χ4n) is 2.67. The van der Waals surface area contributed by atoms with Crippen LogP contribution in [-0.2, 0) is 22.7 Å². The number of non-ortho nitro benzene ring substituents is 1. The Labute approximate surface area is 158 Å². The van der Waals surface area contributed by atoms with Crippen LogP contribution >= 0.6 is 0 Å². The van der Waals surface area contributed by atoms with Gasteiger partial charge in [-0.25, -0.2) is 4.79 Å². The summed E-state index contributed by atoms with van der Waals surface area (Å²) in [5.41, 5.74) is 1.69. The van der Waals surface area contributed by atoms with Gasteiger partial charge in [0.05, 0.1) is 28.1 Å². The van der Waals surface area contributed by atoms with E-state index in [2.05, 4.69) is 0 Å². The highest BCUT2D eigenvalue weighted by Crippen LogP contribution is 2.20. The van der Waals surface area contributed by atoms with E-state index in [9.17, 15) is 19.7 Å². The molecule has 3 aromatic rings. The van der Waals surface area contributed by atoms with Crippen molar-refractivity contribution in [3.63, 3.8) is 0 Å². The van der Waals surface area contributed by atoms with E-state index in [-0.39, 0.29) is 30.8 Å². The second kappa shape index (κ2) is 8.18. The Morgan fingerprint density at radius 2 is 2.00 bits per heavy atom. The fraction of sp³-hybridized carbons (Fsp3) is 0.211. The lowest BCUT2D eigenvalue weighted by atomic mass is 10.2. The van der Waals surface area contributed by atoms with Gasteiger partial charge in [0.25, 0.3) is 5.69 Å². The number of rotatable bonds is 7. The number of nitro benzene ring substituents is 1. The zero-order chi connectivity index (χ0) is 20.1. The van der Waals surface area contributed by atoms with Crippen LogP contribution in [-0.4, -0.2) is 15.5 Å². The third kappa shape index (κ3) is 4.24. The predicted octanol–water partition coefficient (Wildman–Crippen LogP) is 2.90. The van der Waals surface area contributed by atoms with Crippen LogP contribution in [0.5, 0.6) is 0 Å². The number of aryl methyl sites for hydroxylation is 1. The highest BCUT2D eigenvalue weighted by Gasteiger charge is 2.14. The zero-order valence-electron chi connectivity index (χ0n) is 14.7. The molecule has 2 aromatic carbocycles.